The summed E-state index contributed by atoms with van der Waals surface area (Å²) in [6.45, 7) is 4.87. The standard InChI is InChI=1S/C28H45N13O5.C22H33N9O4/c1-15-13-22(42)46-21-14-16(8-9-17(15)21)39-24(44)19(6-3-11-37-27(32)33)41-25(45)20(7-4-12-38-28(34)35)40-23(43)18(29)5-2-10-36-26(30)31;1-12-10-18(32)35-17-11-13(6-7-14(12)17)30-20(34)16(5-3-9-29-22(26)27)31-19(33)15(23)4-2-8-28-21(24)25/h8-9,13-14,18-20H,2-7,10-12,29H2,1H3,(H,39,44)(H,40,43)(H,41,45)(H4,30,31,36)(H4,32,33,37)(H4,34,35,38);6-7,10-11,15-16H,2-5,8-9,23H2,1H3,(H,30,34)(H,31,33)(H4,24,25,28)(H4,26,27,29). The van der Waals surface area contributed by atoms with Crippen molar-refractivity contribution in [3.63, 3.8) is 0 Å². The third-order valence-corrected chi connectivity index (χ3v) is 11.8. The molecule has 442 valence electrons. The van der Waals surface area contributed by atoms with Gasteiger partial charge in [0.2, 0.25) is 29.5 Å². The quantitative estimate of drug-likeness (QED) is 0.0104. The fourth-order valence-corrected chi connectivity index (χ4v) is 7.71. The molecule has 0 saturated carbocycles. The zero-order valence-electron chi connectivity index (χ0n) is 45.5. The monoisotopic (exact) mass is 1130 g/mol. The molecule has 2 aromatic heterocycles. The number of anilines is 2. The number of hydrogen-bond acceptors (Lipinski definition) is 16. The van der Waals surface area contributed by atoms with Crippen LogP contribution in [0.1, 0.15) is 75.3 Å². The van der Waals surface area contributed by atoms with E-state index in [1.165, 1.54) is 18.2 Å². The minimum Gasteiger partial charge on any atom is -0.423 e. The van der Waals surface area contributed by atoms with Crippen LogP contribution in [0.15, 0.2) is 91.9 Å². The van der Waals surface area contributed by atoms with E-state index >= 15 is 0 Å². The van der Waals surface area contributed by atoms with E-state index in [1.54, 1.807) is 44.2 Å². The van der Waals surface area contributed by atoms with Gasteiger partial charge in [-0.25, -0.2) is 9.59 Å². The first-order valence-electron chi connectivity index (χ1n) is 25.7. The van der Waals surface area contributed by atoms with Crippen LogP contribution in [0.2, 0.25) is 0 Å². The molecule has 0 aliphatic heterocycles. The van der Waals surface area contributed by atoms with Gasteiger partial charge in [0.05, 0.1) is 12.1 Å². The van der Waals surface area contributed by atoms with Crippen LogP contribution in [0.25, 0.3) is 21.9 Å². The van der Waals surface area contributed by atoms with Gasteiger partial charge in [-0.2, -0.15) is 0 Å². The van der Waals surface area contributed by atoms with E-state index in [0.29, 0.717) is 67.4 Å². The fourth-order valence-electron chi connectivity index (χ4n) is 7.71. The van der Waals surface area contributed by atoms with Gasteiger partial charge in [-0.15, -0.1) is 0 Å². The van der Waals surface area contributed by atoms with Crippen LogP contribution in [0, 0.1) is 13.8 Å². The Kier molecular flexibility index (Phi) is 27.4. The number of aryl methyl sites for hydroxylation is 2. The Labute approximate surface area is 466 Å². The number of rotatable bonds is 30. The van der Waals surface area contributed by atoms with Crippen LogP contribution in [0.4, 0.5) is 11.4 Å². The number of aliphatic imine (C=N–C) groups is 5. The van der Waals surface area contributed by atoms with Crippen molar-refractivity contribution in [2.45, 2.75) is 108 Å². The maximum Gasteiger partial charge on any atom is 0.336 e. The number of hydrogen-bond donors (Lipinski definition) is 17. The van der Waals surface area contributed by atoms with Gasteiger partial charge < -0.3 is 104 Å². The summed E-state index contributed by atoms with van der Waals surface area (Å²) in [5.41, 5.74) is 67.3. The predicted molar refractivity (Wildman–Crippen MR) is 313 cm³/mol. The highest BCUT2D eigenvalue weighted by Gasteiger charge is 2.29. The number of guanidine groups is 5. The molecule has 0 spiro atoms. The summed E-state index contributed by atoms with van der Waals surface area (Å²) in [7, 11) is 0. The number of carbonyl (C=O) groups excluding carboxylic acids is 5. The summed E-state index contributed by atoms with van der Waals surface area (Å²) in [5, 5.41) is 15.0. The number of carbonyl (C=O) groups is 5. The Morgan fingerprint density at radius 2 is 0.704 bits per heavy atom. The molecule has 4 aromatic rings. The van der Waals surface area contributed by atoms with E-state index in [9.17, 15) is 33.6 Å². The summed E-state index contributed by atoms with van der Waals surface area (Å²) in [5.74, 6) is -3.13. The highest BCUT2D eigenvalue weighted by Crippen LogP contribution is 2.23. The van der Waals surface area contributed by atoms with E-state index in [1.807, 2.05) is 0 Å². The minimum absolute atomic E-state index is 0.0383. The van der Waals surface area contributed by atoms with E-state index in [0.717, 1.165) is 16.5 Å². The van der Waals surface area contributed by atoms with Crippen LogP contribution in [0.3, 0.4) is 0 Å². The van der Waals surface area contributed by atoms with Crippen molar-refractivity contribution in [1.29, 1.82) is 0 Å². The summed E-state index contributed by atoms with van der Waals surface area (Å²) in [4.78, 5) is 108. The Balaban J connectivity index is 0.000000441. The Bertz CT molecular complexity index is 3050. The Morgan fingerprint density at radius 1 is 0.420 bits per heavy atom. The molecule has 31 nitrogen and oxygen atoms in total. The molecular weight excluding hydrogens is 1050 g/mol. The molecule has 2 aromatic carbocycles. The molecular formula is C50H78N22O9. The molecule has 0 fully saturated rings. The smallest absolute Gasteiger partial charge is 0.336 e. The molecule has 0 aliphatic carbocycles. The maximum absolute atomic E-state index is 13.5. The summed E-state index contributed by atoms with van der Waals surface area (Å²) < 4.78 is 10.5. The van der Waals surface area contributed by atoms with E-state index in [2.05, 4.69) is 51.5 Å². The van der Waals surface area contributed by atoms with Crippen molar-refractivity contribution in [1.82, 2.24) is 16.0 Å². The molecule has 4 rings (SSSR count). The zero-order valence-corrected chi connectivity index (χ0v) is 45.5. The van der Waals surface area contributed by atoms with Gasteiger partial charge in [-0.3, -0.25) is 48.9 Å². The third kappa shape index (κ3) is 24.8. The second-order valence-corrected chi connectivity index (χ2v) is 18.5. The Hall–Kier alpha value is -9.52. The van der Waals surface area contributed by atoms with Crippen molar-refractivity contribution in [2.75, 3.05) is 43.4 Å². The van der Waals surface area contributed by atoms with Gasteiger partial charge in [0.1, 0.15) is 29.3 Å². The van der Waals surface area contributed by atoms with Gasteiger partial charge in [-0.05, 0) is 113 Å². The first kappa shape index (κ1) is 65.8. The molecule has 2 heterocycles. The molecule has 0 saturated heterocycles. The summed E-state index contributed by atoms with van der Waals surface area (Å²) >= 11 is 0. The van der Waals surface area contributed by atoms with Crippen LogP contribution in [-0.4, -0.2) is 122 Å². The van der Waals surface area contributed by atoms with Crippen molar-refractivity contribution in [3.8, 4) is 0 Å². The number of nitrogens with two attached hydrogens (primary N) is 12. The summed E-state index contributed by atoms with van der Waals surface area (Å²) in [6.07, 6.45) is 3.16. The lowest BCUT2D eigenvalue weighted by atomic mass is 10.1. The summed E-state index contributed by atoms with van der Waals surface area (Å²) in [6, 6.07) is 7.76. The molecule has 5 unspecified atom stereocenters. The van der Waals surface area contributed by atoms with Crippen molar-refractivity contribution >= 4 is 92.6 Å². The molecule has 5 amide bonds. The van der Waals surface area contributed by atoms with Crippen molar-refractivity contribution in [3.05, 3.63) is 80.5 Å². The molecule has 0 radical (unpaired) electrons. The van der Waals surface area contributed by atoms with Crippen LogP contribution >= 0.6 is 0 Å². The number of nitrogens with zero attached hydrogens (tertiary/aromatic N) is 5. The van der Waals surface area contributed by atoms with Crippen LogP contribution in [-0.2, 0) is 24.0 Å². The minimum atomic E-state index is -1.07. The van der Waals surface area contributed by atoms with E-state index in [-0.39, 0.29) is 87.2 Å². The fraction of sp³-hybridized carbons (Fsp3) is 0.440. The second kappa shape index (κ2) is 33.7. The number of amides is 5. The van der Waals surface area contributed by atoms with Gasteiger partial charge in [-0.1, -0.05) is 0 Å². The molecule has 0 aliphatic rings. The average molecular weight is 1130 g/mol. The number of benzene rings is 2. The van der Waals surface area contributed by atoms with E-state index in [4.69, 9.17) is 77.6 Å². The van der Waals surface area contributed by atoms with Gasteiger partial charge in [0.15, 0.2) is 29.8 Å². The maximum atomic E-state index is 13.5. The zero-order chi connectivity index (χ0) is 60.2. The Morgan fingerprint density at radius 3 is 1.01 bits per heavy atom. The lowest BCUT2D eigenvalue weighted by Crippen LogP contribution is -2.55. The first-order valence-corrected chi connectivity index (χ1v) is 25.7. The molecule has 5 atom stereocenters. The largest absolute Gasteiger partial charge is 0.423 e. The van der Waals surface area contributed by atoms with Gasteiger partial charge >= 0.3 is 11.3 Å². The number of fused-ring (bicyclic) bond motifs is 2. The normalized spacial score (nSPS) is 12.5. The lowest BCUT2D eigenvalue weighted by Gasteiger charge is -2.24. The van der Waals surface area contributed by atoms with Crippen LogP contribution < -0.4 is 107 Å². The van der Waals surface area contributed by atoms with Gasteiger partial charge in [0.25, 0.3) is 0 Å². The highest BCUT2D eigenvalue weighted by molar-refractivity contribution is 6.01. The molecule has 81 heavy (non-hydrogen) atoms. The van der Waals surface area contributed by atoms with E-state index < -0.39 is 71.0 Å². The second-order valence-electron chi connectivity index (χ2n) is 18.5. The molecule has 0 bridgehead atoms. The highest BCUT2D eigenvalue weighted by atomic mass is 16.4. The van der Waals surface area contributed by atoms with Crippen molar-refractivity contribution in [2.24, 2.45) is 93.8 Å². The first-order chi connectivity index (χ1) is 38.3. The molecule has 29 N–H and O–H groups in total. The van der Waals surface area contributed by atoms with Gasteiger partial charge in [0, 0.05) is 79.1 Å². The molecule has 31 heteroatoms. The van der Waals surface area contributed by atoms with Crippen LogP contribution in [0.5, 0.6) is 0 Å². The predicted octanol–water partition coefficient (Wildman–Crippen LogP) is -3.54. The lowest BCUT2D eigenvalue weighted by molar-refractivity contribution is -0.131. The topological polar surface area (TPSA) is 580 Å². The third-order valence-electron chi connectivity index (χ3n) is 11.8. The van der Waals surface area contributed by atoms with Crippen molar-refractivity contribution < 1.29 is 32.8 Å². The average Bonchev–Trinajstić information content (AvgIpc) is 3.47. The number of nitrogens with one attached hydrogen (secondary N) is 5. The SMILES string of the molecule is Cc1cc(=O)oc2cc(NC(=O)C(CCCN=C(N)N)NC(=O)C(CCCN=C(N)N)NC(=O)C(N)CCCN=C(N)N)ccc12.Cc1cc(=O)oc2cc(NC(=O)C(CCCN=C(N)N)NC(=O)C(N)CCCN=C(N)N)ccc12.